The summed E-state index contributed by atoms with van der Waals surface area (Å²) in [7, 11) is 0. The Labute approximate surface area is 156 Å². The van der Waals surface area contributed by atoms with E-state index in [1.54, 1.807) is 6.92 Å². The molecule has 7 nitrogen and oxygen atoms in total. The molecule has 0 aromatic rings. The van der Waals surface area contributed by atoms with Gasteiger partial charge in [-0.25, -0.2) is 0 Å². The van der Waals surface area contributed by atoms with Crippen LogP contribution in [0.4, 0.5) is 0 Å². The van der Waals surface area contributed by atoms with Crippen molar-refractivity contribution in [2.45, 2.75) is 58.9 Å². The lowest BCUT2D eigenvalue weighted by molar-refractivity contribution is -0.124. The van der Waals surface area contributed by atoms with Crippen LogP contribution in [0, 0.1) is 11.8 Å². The topological polar surface area (TPSA) is 93.7 Å². The Kier molecular flexibility index (Phi) is 11.1. The zero-order valence-corrected chi connectivity index (χ0v) is 16.3. The van der Waals surface area contributed by atoms with Crippen LogP contribution in [-0.2, 0) is 23.9 Å². The van der Waals surface area contributed by atoms with Gasteiger partial charge in [-0.1, -0.05) is 13.8 Å². The van der Waals surface area contributed by atoms with Crippen LogP contribution >= 0.6 is 0 Å². The lowest BCUT2D eigenvalue weighted by Gasteiger charge is -2.27. The van der Waals surface area contributed by atoms with Gasteiger partial charge >= 0.3 is 0 Å². The largest absolute Gasteiger partial charge is 0.379 e. The molecule has 1 aliphatic carbocycles. The van der Waals surface area contributed by atoms with Crippen molar-refractivity contribution < 1.29 is 23.9 Å². The highest BCUT2D eigenvalue weighted by Crippen LogP contribution is 2.24. The Morgan fingerprint density at radius 2 is 1.58 bits per heavy atom. The first-order valence-corrected chi connectivity index (χ1v) is 9.63. The third-order valence-corrected chi connectivity index (χ3v) is 4.58. The average molecular weight is 370 g/mol. The Balaban J connectivity index is 1.93. The Hall–Kier alpha value is -1.47. The summed E-state index contributed by atoms with van der Waals surface area (Å²) >= 11 is 0. The number of nitrogens with one attached hydrogen (secondary N) is 2. The van der Waals surface area contributed by atoms with E-state index in [4.69, 9.17) is 9.47 Å². The fourth-order valence-electron chi connectivity index (χ4n) is 2.88. The molecule has 0 radical (unpaired) electrons. The number of carbonyl (C=O) groups is 3. The normalized spacial score (nSPS) is 20.0. The minimum absolute atomic E-state index is 0.00593. The molecule has 0 bridgehead atoms. The van der Waals surface area contributed by atoms with Gasteiger partial charge in [-0.2, -0.15) is 0 Å². The maximum atomic E-state index is 11.9. The summed E-state index contributed by atoms with van der Waals surface area (Å²) in [5.41, 5.74) is 0. The van der Waals surface area contributed by atoms with Crippen molar-refractivity contribution in [3.05, 3.63) is 0 Å². The van der Waals surface area contributed by atoms with Gasteiger partial charge in [0, 0.05) is 30.8 Å². The fourth-order valence-corrected chi connectivity index (χ4v) is 2.88. The number of ether oxygens (including phenoxy) is 2. The van der Waals surface area contributed by atoms with Crippen molar-refractivity contribution >= 4 is 17.6 Å². The van der Waals surface area contributed by atoms with E-state index >= 15 is 0 Å². The lowest BCUT2D eigenvalue weighted by Crippen LogP contribution is -2.38. The number of amides is 2. The Bertz CT molecular complexity index is 445. The van der Waals surface area contributed by atoms with Gasteiger partial charge in [0.25, 0.3) is 0 Å². The van der Waals surface area contributed by atoms with Crippen LogP contribution in [0.25, 0.3) is 0 Å². The molecule has 1 rings (SSSR count). The first kappa shape index (κ1) is 22.6. The van der Waals surface area contributed by atoms with Crippen molar-refractivity contribution in [3.63, 3.8) is 0 Å². The molecule has 0 unspecified atom stereocenters. The molecule has 0 aliphatic heterocycles. The molecule has 0 aromatic heterocycles. The highest BCUT2D eigenvalue weighted by molar-refractivity contribution is 5.79. The van der Waals surface area contributed by atoms with Crippen molar-refractivity contribution in [2.24, 2.45) is 11.8 Å². The van der Waals surface area contributed by atoms with Gasteiger partial charge in [0.1, 0.15) is 5.78 Å². The van der Waals surface area contributed by atoms with Crippen molar-refractivity contribution in [1.29, 1.82) is 0 Å². The Morgan fingerprint density at radius 1 is 0.962 bits per heavy atom. The van der Waals surface area contributed by atoms with Crippen LogP contribution < -0.4 is 10.6 Å². The number of hydrogen-bond donors (Lipinski definition) is 2. The van der Waals surface area contributed by atoms with Gasteiger partial charge in [0.15, 0.2) is 0 Å². The smallest absolute Gasteiger partial charge is 0.222 e. The lowest BCUT2D eigenvalue weighted by atomic mass is 9.84. The molecular formula is C19H34N2O5. The summed E-state index contributed by atoms with van der Waals surface area (Å²) in [6.45, 7) is 7.50. The summed E-state index contributed by atoms with van der Waals surface area (Å²) in [4.78, 5) is 34.6. The minimum atomic E-state index is -0.0198. The van der Waals surface area contributed by atoms with Crippen LogP contribution in [0.3, 0.4) is 0 Å². The predicted octanol–water partition coefficient (Wildman–Crippen LogP) is 1.45. The molecule has 0 atom stereocenters. The molecule has 1 aliphatic rings. The van der Waals surface area contributed by atoms with E-state index in [9.17, 15) is 14.4 Å². The standard InChI is InChI=1S/C19H34N2O5/c1-14(2)19(24)20-9-11-26-13-12-25-10-8-18(23)21-17-6-4-16(5-7-17)15(3)22/h14,16-17H,4-13H2,1-3H3,(H,20,24)(H,21,23). The van der Waals surface area contributed by atoms with Crippen molar-refractivity contribution in [2.75, 3.05) is 33.0 Å². The third-order valence-electron chi connectivity index (χ3n) is 4.58. The zero-order chi connectivity index (χ0) is 19.4. The molecule has 7 heteroatoms. The number of ketones is 1. The molecule has 0 saturated heterocycles. The first-order chi connectivity index (χ1) is 12.4. The van der Waals surface area contributed by atoms with Gasteiger partial charge in [0.05, 0.1) is 26.4 Å². The maximum absolute atomic E-state index is 11.9. The van der Waals surface area contributed by atoms with Crippen LogP contribution in [0.15, 0.2) is 0 Å². The molecule has 0 aromatic carbocycles. The van der Waals surface area contributed by atoms with Crippen LogP contribution in [0.2, 0.25) is 0 Å². The van der Waals surface area contributed by atoms with Crippen LogP contribution in [0.5, 0.6) is 0 Å². The van der Waals surface area contributed by atoms with E-state index < -0.39 is 0 Å². The highest BCUT2D eigenvalue weighted by Gasteiger charge is 2.24. The average Bonchev–Trinajstić information content (AvgIpc) is 2.60. The predicted molar refractivity (Wildman–Crippen MR) is 98.7 cm³/mol. The molecule has 2 amide bonds. The van der Waals surface area contributed by atoms with Crippen molar-refractivity contribution in [3.8, 4) is 0 Å². The molecule has 150 valence electrons. The monoisotopic (exact) mass is 370 g/mol. The van der Waals surface area contributed by atoms with Crippen LogP contribution in [0.1, 0.15) is 52.9 Å². The Morgan fingerprint density at radius 3 is 2.15 bits per heavy atom. The van der Waals surface area contributed by atoms with Crippen LogP contribution in [-0.4, -0.2) is 56.6 Å². The SMILES string of the molecule is CC(=O)C1CCC(NC(=O)CCOCCOCCNC(=O)C(C)C)CC1. The van der Waals surface area contributed by atoms with E-state index in [0.717, 1.165) is 25.7 Å². The summed E-state index contributed by atoms with van der Waals surface area (Å²) in [6.07, 6.45) is 3.81. The summed E-state index contributed by atoms with van der Waals surface area (Å²) in [5, 5.41) is 5.79. The second-order valence-corrected chi connectivity index (χ2v) is 7.15. The van der Waals surface area contributed by atoms with Gasteiger partial charge in [-0.3, -0.25) is 14.4 Å². The molecule has 2 N–H and O–H groups in total. The second-order valence-electron chi connectivity index (χ2n) is 7.15. The summed E-state index contributed by atoms with van der Waals surface area (Å²) in [5.74, 6) is 0.422. The zero-order valence-electron chi connectivity index (χ0n) is 16.3. The number of Topliss-reactive ketones (excluding diaryl/α,β-unsaturated/α-hetero) is 1. The van der Waals surface area contributed by atoms with Gasteiger partial charge in [-0.05, 0) is 32.6 Å². The van der Waals surface area contributed by atoms with Gasteiger partial charge < -0.3 is 20.1 Å². The fraction of sp³-hybridized carbons (Fsp3) is 0.842. The van der Waals surface area contributed by atoms with E-state index in [0.29, 0.717) is 39.4 Å². The molecule has 0 heterocycles. The number of carbonyl (C=O) groups excluding carboxylic acids is 3. The quantitative estimate of drug-likeness (QED) is 0.507. The second kappa shape index (κ2) is 12.8. The first-order valence-electron chi connectivity index (χ1n) is 9.63. The van der Waals surface area contributed by atoms with E-state index in [2.05, 4.69) is 10.6 Å². The van der Waals surface area contributed by atoms with E-state index in [1.165, 1.54) is 0 Å². The third kappa shape index (κ3) is 9.87. The van der Waals surface area contributed by atoms with Gasteiger partial charge in [-0.15, -0.1) is 0 Å². The number of rotatable bonds is 12. The van der Waals surface area contributed by atoms with E-state index in [1.807, 2.05) is 13.8 Å². The molecule has 1 fully saturated rings. The van der Waals surface area contributed by atoms with E-state index in [-0.39, 0.29) is 35.5 Å². The summed E-state index contributed by atoms with van der Waals surface area (Å²) < 4.78 is 10.7. The molecule has 0 spiro atoms. The van der Waals surface area contributed by atoms with Crippen molar-refractivity contribution in [1.82, 2.24) is 10.6 Å². The molecular weight excluding hydrogens is 336 g/mol. The van der Waals surface area contributed by atoms with Gasteiger partial charge in [0.2, 0.25) is 11.8 Å². The summed E-state index contributed by atoms with van der Waals surface area (Å²) in [6, 6.07) is 0.183. The molecule has 1 saturated carbocycles. The number of hydrogen-bond acceptors (Lipinski definition) is 5. The minimum Gasteiger partial charge on any atom is -0.379 e. The highest BCUT2D eigenvalue weighted by atomic mass is 16.5. The maximum Gasteiger partial charge on any atom is 0.222 e. The molecule has 26 heavy (non-hydrogen) atoms.